The first-order valence-corrected chi connectivity index (χ1v) is 8.32. The van der Waals surface area contributed by atoms with Crippen LogP contribution in [0.5, 0.6) is 5.75 Å². The zero-order valence-electron chi connectivity index (χ0n) is 15.3. The van der Waals surface area contributed by atoms with Crippen LogP contribution in [0.4, 0.5) is 4.79 Å². The van der Waals surface area contributed by atoms with Crippen LogP contribution in [0.15, 0.2) is 42.7 Å². The molecule has 1 heterocycles. The van der Waals surface area contributed by atoms with Crippen molar-refractivity contribution >= 4 is 6.03 Å². The van der Waals surface area contributed by atoms with E-state index in [1.807, 2.05) is 57.5 Å². The van der Waals surface area contributed by atoms with Crippen molar-refractivity contribution in [1.29, 1.82) is 0 Å². The molecule has 0 bridgehead atoms. The number of hydrogen-bond acceptors (Lipinski definition) is 4. The molecule has 0 unspecified atom stereocenters. The molecule has 0 aliphatic heterocycles. The first-order chi connectivity index (χ1) is 12.0. The zero-order chi connectivity index (χ0) is 18.2. The van der Waals surface area contributed by atoms with E-state index in [-0.39, 0.29) is 18.1 Å². The summed E-state index contributed by atoms with van der Waals surface area (Å²) in [4.78, 5) is 14.3. The fourth-order valence-electron chi connectivity index (χ4n) is 2.71. The zero-order valence-corrected chi connectivity index (χ0v) is 15.3. The van der Waals surface area contributed by atoms with Gasteiger partial charge in [-0.05, 0) is 33.2 Å². The van der Waals surface area contributed by atoms with E-state index in [9.17, 15) is 4.79 Å². The largest absolute Gasteiger partial charge is 0.496 e. The lowest BCUT2D eigenvalue weighted by Gasteiger charge is -2.27. The number of nitrogens with zero attached hydrogens (tertiary/aromatic N) is 3. The number of benzene rings is 1. The van der Waals surface area contributed by atoms with Gasteiger partial charge in [0.05, 0.1) is 19.7 Å². The number of carbonyl (C=O) groups is 1. The van der Waals surface area contributed by atoms with E-state index < -0.39 is 0 Å². The Morgan fingerprint density at radius 2 is 2.08 bits per heavy atom. The fraction of sp³-hybridized carbons (Fsp3) is 0.444. The lowest BCUT2D eigenvalue weighted by atomic mass is 10.0. The molecule has 2 aromatic rings. The molecular weight excluding hydrogens is 318 g/mol. The Morgan fingerprint density at radius 1 is 1.32 bits per heavy atom. The Kier molecular flexibility index (Phi) is 6.82. The van der Waals surface area contributed by atoms with Crippen LogP contribution in [-0.4, -0.2) is 54.5 Å². The van der Waals surface area contributed by atoms with Gasteiger partial charge in [0, 0.05) is 30.5 Å². The van der Waals surface area contributed by atoms with Crippen LogP contribution in [0.1, 0.15) is 18.5 Å². The normalized spacial score (nSPS) is 13.3. The molecule has 7 heteroatoms. The summed E-state index contributed by atoms with van der Waals surface area (Å²) in [5.74, 6) is 0.815. The van der Waals surface area contributed by atoms with Crippen molar-refractivity contribution in [3.8, 4) is 5.75 Å². The molecular formula is C18H27N5O2. The third-order valence-corrected chi connectivity index (χ3v) is 3.97. The molecule has 0 fully saturated rings. The molecule has 2 atom stereocenters. The molecule has 0 saturated carbocycles. The van der Waals surface area contributed by atoms with Crippen LogP contribution >= 0.6 is 0 Å². The molecule has 7 nitrogen and oxygen atoms in total. The number of ether oxygens (including phenoxy) is 1. The number of carbonyl (C=O) groups excluding carboxylic acids is 1. The molecule has 2 amide bonds. The Bertz CT molecular complexity index is 657. The van der Waals surface area contributed by atoms with Crippen LogP contribution < -0.4 is 15.4 Å². The summed E-state index contributed by atoms with van der Waals surface area (Å²) in [7, 11) is 5.62. The Morgan fingerprint density at radius 3 is 2.72 bits per heavy atom. The molecule has 1 aromatic carbocycles. The second-order valence-corrected chi connectivity index (χ2v) is 6.20. The van der Waals surface area contributed by atoms with Gasteiger partial charge >= 0.3 is 6.03 Å². The van der Waals surface area contributed by atoms with Gasteiger partial charge < -0.3 is 20.3 Å². The van der Waals surface area contributed by atoms with Crippen LogP contribution in [0, 0.1) is 0 Å². The van der Waals surface area contributed by atoms with E-state index in [0.29, 0.717) is 13.1 Å². The summed E-state index contributed by atoms with van der Waals surface area (Å²) in [6.07, 6.45) is 3.60. The van der Waals surface area contributed by atoms with Gasteiger partial charge in [0.2, 0.25) is 0 Å². The number of rotatable bonds is 8. The second kappa shape index (κ2) is 9.08. The second-order valence-electron chi connectivity index (χ2n) is 6.20. The smallest absolute Gasteiger partial charge is 0.315 e. The summed E-state index contributed by atoms with van der Waals surface area (Å²) in [6, 6.07) is 9.52. The number of amides is 2. The minimum Gasteiger partial charge on any atom is -0.496 e. The van der Waals surface area contributed by atoms with Gasteiger partial charge in [0.15, 0.2) is 0 Å². The molecule has 0 spiro atoms. The third kappa shape index (κ3) is 5.49. The van der Waals surface area contributed by atoms with Crippen molar-refractivity contribution in [3.05, 3.63) is 48.3 Å². The molecule has 0 aliphatic carbocycles. The van der Waals surface area contributed by atoms with Crippen molar-refractivity contribution < 1.29 is 9.53 Å². The summed E-state index contributed by atoms with van der Waals surface area (Å²) in [6.45, 7) is 3.06. The van der Waals surface area contributed by atoms with Gasteiger partial charge in [-0.1, -0.05) is 18.2 Å². The van der Waals surface area contributed by atoms with Gasteiger partial charge in [0.25, 0.3) is 0 Å². The highest BCUT2D eigenvalue weighted by atomic mass is 16.5. The predicted molar refractivity (Wildman–Crippen MR) is 97.6 cm³/mol. The third-order valence-electron chi connectivity index (χ3n) is 3.97. The summed E-state index contributed by atoms with van der Waals surface area (Å²) < 4.78 is 7.24. The van der Waals surface area contributed by atoms with Crippen LogP contribution in [0.2, 0.25) is 0 Å². The summed E-state index contributed by atoms with van der Waals surface area (Å²) >= 11 is 0. The number of methoxy groups -OCH3 is 1. The molecule has 25 heavy (non-hydrogen) atoms. The number of likely N-dealkylation sites (N-methyl/N-ethyl adjacent to an activating group) is 1. The predicted octanol–water partition coefficient (Wildman–Crippen LogP) is 1.88. The molecule has 0 saturated heterocycles. The Hall–Kier alpha value is -2.54. The van der Waals surface area contributed by atoms with E-state index in [4.69, 9.17) is 4.74 Å². The SMILES string of the molecule is COc1ccccc1[C@H](CNC(=O)N[C@H](C)Cn1cccn1)N(C)C. The number of urea groups is 1. The van der Waals surface area contributed by atoms with E-state index in [2.05, 4.69) is 20.6 Å². The molecule has 2 N–H and O–H groups in total. The number of para-hydroxylation sites is 1. The molecule has 0 aliphatic rings. The van der Waals surface area contributed by atoms with E-state index in [1.165, 1.54) is 0 Å². The monoisotopic (exact) mass is 345 g/mol. The molecule has 136 valence electrons. The van der Waals surface area contributed by atoms with Gasteiger partial charge in [0.1, 0.15) is 5.75 Å². The lowest BCUT2D eigenvalue weighted by Crippen LogP contribution is -2.45. The highest BCUT2D eigenvalue weighted by Gasteiger charge is 2.19. The van der Waals surface area contributed by atoms with Crippen LogP contribution in [0.25, 0.3) is 0 Å². The number of hydrogen-bond donors (Lipinski definition) is 2. The topological polar surface area (TPSA) is 71.4 Å². The van der Waals surface area contributed by atoms with Crippen molar-refractivity contribution in [2.45, 2.75) is 25.6 Å². The van der Waals surface area contributed by atoms with Crippen LogP contribution in [-0.2, 0) is 6.54 Å². The molecule has 1 aromatic heterocycles. The van der Waals surface area contributed by atoms with Crippen molar-refractivity contribution in [2.75, 3.05) is 27.7 Å². The van der Waals surface area contributed by atoms with Crippen LogP contribution in [0.3, 0.4) is 0 Å². The van der Waals surface area contributed by atoms with Crippen molar-refractivity contribution in [2.24, 2.45) is 0 Å². The lowest BCUT2D eigenvalue weighted by molar-refractivity contribution is 0.227. The maximum atomic E-state index is 12.2. The average Bonchev–Trinajstić information content (AvgIpc) is 3.07. The Labute approximate surface area is 149 Å². The van der Waals surface area contributed by atoms with Crippen molar-refractivity contribution in [1.82, 2.24) is 25.3 Å². The number of nitrogens with one attached hydrogen (secondary N) is 2. The van der Waals surface area contributed by atoms with Gasteiger partial charge in [-0.25, -0.2) is 4.79 Å². The minimum absolute atomic E-state index is 0.0170. The quantitative estimate of drug-likeness (QED) is 0.766. The maximum Gasteiger partial charge on any atom is 0.315 e. The van der Waals surface area contributed by atoms with E-state index >= 15 is 0 Å². The maximum absolute atomic E-state index is 12.2. The Balaban J connectivity index is 1.91. The summed E-state index contributed by atoms with van der Waals surface area (Å²) in [5, 5.41) is 10.0. The van der Waals surface area contributed by atoms with Gasteiger partial charge in [-0.15, -0.1) is 0 Å². The molecule has 2 rings (SSSR count). The van der Waals surface area contributed by atoms with Gasteiger partial charge in [-0.3, -0.25) is 4.68 Å². The first-order valence-electron chi connectivity index (χ1n) is 8.32. The highest BCUT2D eigenvalue weighted by Crippen LogP contribution is 2.27. The fourth-order valence-corrected chi connectivity index (χ4v) is 2.71. The minimum atomic E-state index is -0.193. The van der Waals surface area contributed by atoms with E-state index in [0.717, 1.165) is 11.3 Å². The standard InChI is InChI=1S/C18H27N5O2/c1-14(13-23-11-7-10-20-23)21-18(24)19-12-16(22(2)3)15-8-5-6-9-17(15)25-4/h5-11,14,16H,12-13H2,1-4H3,(H2,19,21,24)/t14-,16+/m1/s1. The van der Waals surface area contributed by atoms with Crippen molar-refractivity contribution in [3.63, 3.8) is 0 Å². The average molecular weight is 345 g/mol. The van der Waals surface area contributed by atoms with E-state index in [1.54, 1.807) is 18.0 Å². The highest BCUT2D eigenvalue weighted by molar-refractivity contribution is 5.74. The first kappa shape index (κ1) is 18.8. The summed E-state index contributed by atoms with van der Waals surface area (Å²) in [5.41, 5.74) is 1.04. The number of aromatic nitrogens is 2. The van der Waals surface area contributed by atoms with Gasteiger partial charge in [-0.2, -0.15) is 5.10 Å². The molecule has 0 radical (unpaired) electrons.